The van der Waals surface area contributed by atoms with Gasteiger partial charge in [-0.05, 0) is 12.1 Å². The van der Waals surface area contributed by atoms with Gasteiger partial charge in [0.1, 0.15) is 0 Å². The summed E-state index contributed by atoms with van der Waals surface area (Å²) in [6, 6.07) is 10.2. The van der Waals surface area contributed by atoms with Crippen molar-refractivity contribution in [2.24, 2.45) is 0 Å². The van der Waals surface area contributed by atoms with Crippen molar-refractivity contribution >= 4 is 21.6 Å². The van der Waals surface area contributed by atoms with Crippen LogP contribution >= 0.6 is 15.9 Å². The number of benzene rings is 1. The van der Waals surface area contributed by atoms with E-state index in [1.807, 2.05) is 18.2 Å². The van der Waals surface area contributed by atoms with Crippen LogP contribution in [0.4, 0.5) is 5.69 Å². The Morgan fingerprint density at radius 2 is 1.92 bits per heavy atom. The second-order valence-corrected chi connectivity index (χ2v) is 3.02. The van der Waals surface area contributed by atoms with Gasteiger partial charge in [0.25, 0.3) is 0 Å². The van der Waals surface area contributed by atoms with Crippen molar-refractivity contribution in [1.82, 2.24) is 0 Å². The summed E-state index contributed by atoms with van der Waals surface area (Å²) in [5.74, 6) is 0. The SMILES string of the molecule is BrCC=CCNc1ccccc1. The minimum Gasteiger partial charge on any atom is -0.382 e. The first-order chi connectivity index (χ1) is 5.93. The summed E-state index contributed by atoms with van der Waals surface area (Å²) in [5.41, 5.74) is 1.16. The standard InChI is InChI=1S/C10H12BrN/c11-8-4-5-9-12-10-6-2-1-3-7-10/h1-7,12H,8-9H2. The van der Waals surface area contributed by atoms with Crippen molar-refractivity contribution < 1.29 is 0 Å². The van der Waals surface area contributed by atoms with Crippen molar-refractivity contribution in [2.45, 2.75) is 0 Å². The number of para-hydroxylation sites is 1. The van der Waals surface area contributed by atoms with Gasteiger partial charge in [-0.2, -0.15) is 0 Å². The summed E-state index contributed by atoms with van der Waals surface area (Å²) < 4.78 is 0. The van der Waals surface area contributed by atoms with E-state index in [4.69, 9.17) is 0 Å². The zero-order chi connectivity index (χ0) is 8.65. The van der Waals surface area contributed by atoms with E-state index in [-0.39, 0.29) is 0 Å². The highest BCUT2D eigenvalue weighted by molar-refractivity contribution is 9.09. The van der Waals surface area contributed by atoms with E-state index in [0.717, 1.165) is 17.6 Å². The normalized spacial score (nSPS) is 10.4. The first-order valence-electron chi connectivity index (χ1n) is 3.93. The fourth-order valence-electron chi connectivity index (χ4n) is 0.879. The summed E-state index contributed by atoms with van der Waals surface area (Å²) in [4.78, 5) is 0. The van der Waals surface area contributed by atoms with Crippen molar-refractivity contribution in [2.75, 3.05) is 17.2 Å². The maximum Gasteiger partial charge on any atom is 0.0342 e. The summed E-state index contributed by atoms with van der Waals surface area (Å²) in [5, 5.41) is 4.19. The van der Waals surface area contributed by atoms with Crippen LogP contribution in [0.1, 0.15) is 0 Å². The van der Waals surface area contributed by atoms with Crippen LogP contribution in [0.25, 0.3) is 0 Å². The highest BCUT2D eigenvalue weighted by atomic mass is 79.9. The Balaban J connectivity index is 2.29. The summed E-state index contributed by atoms with van der Waals surface area (Å²) in [6.07, 6.45) is 4.18. The largest absolute Gasteiger partial charge is 0.382 e. The molecule has 0 aromatic heterocycles. The highest BCUT2D eigenvalue weighted by Crippen LogP contribution is 2.03. The third-order valence-corrected chi connectivity index (χ3v) is 1.83. The number of rotatable bonds is 4. The van der Waals surface area contributed by atoms with Gasteiger partial charge in [0.15, 0.2) is 0 Å². The third-order valence-electron chi connectivity index (χ3n) is 1.45. The monoisotopic (exact) mass is 225 g/mol. The molecule has 12 heavy (non-hydrogen) atoms. The molecule has 0 atom stereocenters. The second kappa shape index (κ2) is 5.84. The maximum absolute atomic E-state index is 3.32. The van der Waals surface area contributed by atoms with Crippen molar-refractivity contribution in [3.63, 3.8) is 0 Å². The lowest BCUT2D eigenvalue weighted by molar-refractivity contribution is 1.33. The molecule has 0 amide bonds. The molecular weight excluding hydrogens is 214 g/mol. The molecule has 0 radical (unpaired) electrons. The van der Waals surface area contributed by atoms with E-state index >= 15 is 0 Å². The molecule has 0 spiro atoms. The predicted molar refractivity (Wildman–Crippen MR) is 57.9 cm³/mol. The number of hydrogen-bond acceptors (Lipinski definition) is 1. The van der Waals surface area contributed by atoms with Crippen molar-refractivity contribution in [3.05, 3.63) is 42.5 Å². The molecule has 1 aromatic carbocycles. The molecule has 0 fully saturated rings. The molecule has 1 aromatic rings. The minimum absolute atomic E-state index is 0.885. The van der Waals surface area contributed by atoms with Gasteiger partial charge in [-0.1, -0.05) is 46.3 Å². The Morgan fingerprint density at radius 3 is 2.58 bits per heavy atom. The highest BCUT2D eigenvalue weighted by Gasteiger charge is 1.83. The zero-order valence-corrected chi connectivity index (χ0v) is 8.42. The first-order valence-corrected chi connectivity index (χ1v) is 5.05. The van der Waals surface area contributed by atoms with Crippen molar-refractivity contribution in [3.8, 4) is 0 Å². The van der Waals surface area contributed by atoms with E-state index in [1.54, 1.807) is 0 Å². The Morgan fingerprint density at radius 1 is 1.17 bits per heavy atom. The van der Waals surface area contributed by atoms with Crippen LogP contribution in [0, 0.1) is 0 Å². The molecule has 0 aliphatic carbocycles. The van der Waals surface area contributed by atoms with Gasteiger partial charge in [-0.15, -0.1) is 0 Å². The number of hydrogen-bond donors (Lipinski definition) is 1. The number of anilines is 1. The fourth-order valence-corrected chi connectivity index (χ4v) is 1.14. The van der Waals surface area contributed by atoms with Crippen molar-refractivity contribution in [1.29, 1.82) is 0 Å². The number of alkyl halides is 1. The van der Waals surface area contributed by atoms with E-state index < -0.39 is 0 Å². The zero-order valence-electron chi connectivity index (χ0n) is 6.83. The van der Waals surface area contributed by atoms with E-state index in [2.05, 4.69) is 45.5 Å². The first kappa shape index (κ1) is 9.33. The van der Waals surface area contributed by atoms with Crippen LogP contribution in [0.5, 0.6) is 0 Å². The minimum atomic E-state index is 0.885. The molecule has 1 nitrogen and oxygen atoms in total. The van der Waals surface area contributed by atoms with Gasteiger partial charge >= 0.3 is 0 Å². The average Bonchev–Trinajstić information content (AvgIpc) is 2.14. The third kappa shape index (κ3) is 3.58. The second-order valence-electron chi connectivity index (χ2n) is 2.37. The smallest absolute Gasteiger partial charge is 0.0342 e. The average molecular weight is 226 g/mol. The van der Waals surface area contributed by atoms with Crippen LogP contribution in [0.3, 0.4) is 0 Å². The maximum atomic E-state index is 3.32. The summed E-state index contributed by atoms with van der Waals surface area (Å²) in [7, 11) is 0. The molecule has 0 aliphatic heterocycles. The van der Waals surface area contributed by atoms with Crippen LogP contribution < -0.4 is 5.32 Å². The van der Waals surface area contributed by atoms with Crippen LogP contribution in [-0.2, 0) is 0 Å². The lowest BCUT2D eigenvalue weighted by Crippen LogP contribution is -1.97. The number of nitrogens with one attached hydrogen (secondary N) is 1. The van der Waals surface area contributed by atoms with Gasteiger partial charge in [0.05, 0.1) is 0 Å². The predicted octanol–water partition coefficient (Wildman–Crippen LogP) is 3.05. The van der Waals surface area contributed by atoms with Crippen LogP contribution in [-0.4, -0.2) is 11.9 Å². The lowest BCUT2D eigenvalue weighted by Gasteiger charge is -2.00. The quantitative estimate of drug-likeness (QED) is 0.614. The van der Waals surface area contributed by atoms with Gasteiger partial charge in [-0.25, -0.2) is 0 Å². The molecule has 0 bridgehead atoms. The molecule has 0 unspecified atom stereocenters. The molecule has 0 saturated heterocycles. The molecule has 0 heterocycles. The molecule has 1 rings (SSSR count). The molecule has 64 valence electrons. The molecule has 0 saturated carbocycles. The van der Waals surface area contributed by atoms with Gasteiger partial charge in [0, 0.05) is 17.6 Å². The van der Waals surface area contributed by atoms with Gasteiger partial charge in [0.2, 0.25) is 0 Å². The summed E-state index contributed by atoms with van der Waals surface area (Å²) >= 11 is 3.32. The van der Waals surface area contributed by atoms with Crippen LogP contribution in [0.15, 0.2) is 42.5 Å². The van der Waals surface area contributed by atoms with E-state index in [0.29, 0.717) is 0 Å². The van der Waals surface area contributed by atoms with E-state index in [1.165, 1.54) is 0 Å². The number of halogens is 1. The van der Waals surface area contributed by atoms with E-state index in [9.17, 15) is 0 Å². The Labute approximate surface area is 81.6 Å². The number of allylic oxidation sites excluding steroid dienone is 1. The molecular formula is C10H12BrN. The lowest BCUT2D eigenvalue weighted by atomic mass is 10.3. The summed E-state index contributed by atoms with van der Waals surface area (Å²) in [6.45, 7) is 0.885. The fraction of sp³-hybridized carbons (Fsp3) is 0.200. The topological polar surface area (TPSA) is 12.0 Å². The molecule has 2 heteroatoms. The Kier molecular flexibility index (Phi) is 4.54. The molecule has 1 N–H and O–H groups in total. The molecule has 0 aliphatic rings. The Bertz CT molecular complexity index is 231. The van der Waals surface area contributed by atoms with Gasteiger partial charge < -0.3 is 5.32 Å². The van der Waals surface area contributed by atoms with Crippen LogP contribution in [0.2, 0.25) is 0 Å². The van der Waals surface area contributed by atoms with Gasteiger partial charge in [-0.3, -0.25) is 0 Å². The Hall–Kier alpha value is -0.760.